The van der Waals surface area contributed by atoms with Crippen LogP contribution in [0.3, 0.4) is 0 Å². The summed E-state index contributed by atoms with van der Waals surface area (Å²) >= 11 is 1.36. The molecule has 2 N–H and O–H groups in total. The fourth-order valence-corrected chi connectivity index (χ4v) is 3.28. The summed E-state index contributed by atoms with van der Waals surface area (Å²) < 4.78 is 11.7. The zero-order chi connectivity index (χ0) is 21.0. The van der Waals surface area contributed by atoms with E-state index in [1.165, 1.54) is 11.3 Å². The molecular formula is C21H23N3O4S. The first-order valence-electron chi connectivity index (χ1n) is 9.03. The molecule has 0 fully saturated rings. The number of nitrogens with zero attached hydrogens (tertiary/aromatic N) is 1. The lowest BCUT2D eigenvalue weighted by Gasteiger charge is -2.18. The third-order valence-electron chi connectivity index (χ3n) is 3.98. The zero-order valence-corrected chi connectivity index (χ0v) is 17.6. The minimum Gasteiger partial charge on any atom is -0.497 e. The summed E-state index contributed by atoms with van der Waals surface area (Å²) in [5, 5.41) is 6.07. The van der Waals surface area contributed by atoms with E-state index in [9.17, 15) is 9.59 Å². The Labute approximate surface area is 173 Å². The van der Waals surface area contributed by atoms with Gasteiger partial charge in [0.2, 0.25) is 5.91 Å². The highest BCUT2D eigenvalue weighted by Gasteiger charge is 2.21. The molecule has 3 aromatic rings. The smallest absolute Gasteiger partial charge is 0.264 e. The summed E-state index contributed by atoms with van der Waals surface area (Å²) in [6, 6.07) is 12.5. The number of carbonyl (C=O) groups excluding carboxylic acids is 2. The van der Waals surface area contributed by atoms with Gasteiger partial charge in [0.05, 0.1) is 17.3 Å². The van der Waals surface area contributed by atoms with Gasteiger partial charge in [-0.2, -0.15) is 0 Å². The highest BCUT2D eigenvalue weighted by molar-refractivity contribution is 7.22. The molecule has 0 atom stereocenters. The molecule has 29 heavy (non-hydrogen) atoms. The van der Waals surface area contributed by atoms with E-state index >= 15 is 0 Å². The van der Waals surface area contributed by atoms with E-state index in [0.717, 1.165) is 16.0 Å². The molecule has 7 nitrogen and oxygen atoms in total. The van der Waals surface area contributed by atoms with Gasteiger partial charge in [0.25, 0.3) is 5.91 Å². The molecule has 0 aliphatic carbocycles. The quantitative estimate of drug-likeness (QED) is 0.629. The molecule has 0 saturated heterocycles. The number of rotatable bonds is 6. The minimum absolute atomic E-state index is 0.0974. The number of aromatic nitrogens is 1. The number of ether oxygens (including phenoxy) is 2. The minimum atomic E-state index is -0.502. The van der Waals surface area contributed by atoms with Gasteiger partial charge in [-0.15, -0.1) is 0 Å². The predicted octanol–water partition coefficient (Wildman–Crippen LogP) is 4.31. The lowest BCUT2D eigenvalue weighted by Crippen LogP contribution is -2.27. The fraction of sp³-hybridized carbons (Fsp3) is 0.286. The number of carbonyl (C=O) groups is 2. The Morgan fingerprint density at radius 3 is 2.59 bits per heavy atom. The van der Waals surface area contributed by atoms with Crippen LogP contribution in [0.2, 0.25) is 0 Å². The number of anilines is 2. The first-order chi connectivity index (χ1) is 13.7. The van der Waals surface area contributed by atoms with Crippen LogP contribution in [0.5, 0.6) is 11.5 Å². The van der Waals surface area contributed by atoms with E-state index in [1.807, 2.05) is 39.0 Å². The van der Waals surface area contributed by atoms with Crippen LogP contribution in [0.1, 0.15) is 20.8 Å². The predicted molar refractivity (Wildman–Crippen MR) is 115 cm³/mol. The molecule has 8 heteroatoms. The number of amides is 2. The Bertz CT molecular complexity index is 1040. The van der Waals surface area contributed by atoms with Crippen LogP contribution in [0.25, 0.3) is 10.2 Å². The second-order valence-electron chi connectivity index (χ2n) is 7.42. The molecule has 0 aliphatic rings. The van der Waals surface area contributed by atoms with Crippen LogP contribution in [0.4, 0.5) is 10.8 Å². The van der Waals surface area contributed by atoms with E-state index in [0.29, 0.717) is 16.6 Å². The van der Waals surface area contributed by atoms with Gasteiger partial charge in [-0.25, -0.2) is 4.98 Å². The molecule has 2 aromatic carbocycles. The van der Waals surface area contributed by atoms with Crippen molar-refractivity contribution in [2.24, 2.45) is 5.41 Å². The molecule has 2 amide bonds. The molecule has 3 rings (SSSR count). The SMILES string of the molecule is COc1ccc2nc(NC(=O)COc3cccc(NC(=O)C(C)(C)C)c3)sc2c1. The standard InChI is InChI=1S/C21H23N3O4S/c1-21(2,3)19(26)22-13-6-5-7-15(10-13)28-12-18(25)24-20-23-16-9-8-14(27-4)11-17(16)29-20/h5-11H,12H2,1-4H3,(H,22,26)(H,23,24,25). The number of hydrogen-bond donors (Lipinski definition) is 2. The van der Waals surface area contributed by atoms with Crippen LogP contribution in [-0.4, -0.2) is 30.5 Å². The van der Waals surface area contributed by atoms with Crippen molar-refractivity contribution < 1.29 is 19.1 Å². The second-order valence-corrected chi connectivity index (χ2v) is 8.45. The van der Waals surface area contributed by atoms with Crippen molar-refractivity contribution in [2.75, 3.05) is 24.4 Å². The van der Waals surface area contributed by atoms with Gasteiger partial charge in [-0.3, -0.25) is 14.9 Å². The molecule has 1 heterocycles. The van der Waals surface area contributed by atoms with Crippen molar-refractivity contribution in [2.45, 2.75) is 20.8 Å². The molecule has 0 bridgehead atoms. The summed E-state index contributed by atoms with van der Waals surface area (Å²) in [7, 11) is 1.60. The van der Waals surface area contributed by atoms with E-state index in [2.05, 4.69) is 15.6 Å². The number of nitrogens with one attached hydrogen (secondary N) is 2. The van der Waals surface area contributed by atoms with E-state index in [-0.39, 0.29) is 18.4 Å². The van der Waals surface area contributed by atoms with Crippen molar-refractivity contribution >= 4 is 44.2 Å². The van der Waals surface area contributed by atoms with Gasteiger partial charge in [0, 0.05) is 17.2 Å². The van der Waals surface area contributed by atoms with E-state index < -0.39 is 5.41 Å². The normalized spacial score (nSPS) is 11.2. The highest BCUT2D eigenvalue weighted by atomic mass is 32.1. The Morgan fingerprint density at radius 1 is 1.07 bits per heavy atom. The number of methoxy groups -OCH3 is 1. The molecule has 0 radical (unpaired) electrons. The Hall–Kier alpha value is -3.13. The number of benzene rings is 2. The Morgan fingerprint density at radius 2 is 1.86 bits per heavy atom. The average molecular weight is 413 g/mol. The van der Waals surface area contributed by atoms with Gasteiger partial charge in [-0.1, -0.05) is 38.2 Å². The van der Waals surface area contributed by atoms with Crippen LogP contribution < -0.4 is 20.1 Å². The summed E-state index contributed by atoms with van der Waals surface area (Å²) in [5.41, 5.74) is 0.898. The number of thiazole rings is 1. The lowest BCUT2D eigenvalue weighted by molar-refractivity contribution is -0.123. The van der Waals surface area contributed by atoms with Gasteiger partial charge in [0.1, 0.15) is 11.5 Å². The zero-order valence-electron chi connectivity index (χ0n) is 16.7. The molecular weight excluding hydrogens is 390 g/mol. The van der Waals surface area contributed by atoms with Crippen molar-refractivity contribution in [3.8, 4) is 11.5 Å². The number of fused-ring (bicyclic) bond motifs is 1. The molecule has 0 spiro atoms. The van der Waals surface area contributed by atoms with Crippen molar-refractivity contribution in [1.82, 2.24) is 4.98 Å². The summed E-state index contributed by atoms with van der Waals surface area (Å²) in [6.45, 7) is 5.34. The van der Waals surface area contributed by atoms with Crippen LogP contribution >= 0.6 is 11.3 Å². The monoisotopic (exact) mass is 413 g/mol. The van der Waals surface area contributed by atoms with Crippen LogP contribution in [-0.2, 0) is 9.59 Å². The van der Waals surface area contributed by atoms with E-state index in [4.69, 9.17) is 9.47 Å². The second kappa shape index (κ2) is 8.48. The number of hydrogen-bond acceptors (Lipinski definition) is 6. The lowest BCUT2D eigenvalue weighted by atomic mass is 9.95. The van der Waals surface area contributed by atoms with Crippen molar-refractivity contribution in [3.05, 3.63) is 42.5 Å². The van der Waals surface area contributed by atoms with Gasteiger partial charge < -0.3 is 14.8 Å². The third kappa shape index (κ3) is 5.45. The largest absolute Gasteiger partial charge is 0.497 e. The first kappa shape index (κ1) is 20.6. The van der Waals surface area contributed by atoms with Crippen molar-refractivity contribution in [3.63, 3.8) is 0 Å². The third-order valence-corrected chi connectivity index (χ3v) is 4.92. The fourth-order valence-electron chi connectivity index (χ4n) is 2.37. The topological polar surface area (TPSA) is 89.6 Å². The summed E-state index contributed by atoms with van der Waals surface area (Å²) in [4.78, 5) is 28.7. The molecule has 0 unspecified atom stereocenters. The summed E-state index contributed by atoms with van der Waals surface area (Å²) in [5.74, 6) is 0.807. The Kier molecular flexibility index (Phi) is 6.03. The van der Waals surface area contributed by atoms with Gasteiger partial charge in [0.15, 0.2) is 11.7 Å². The average Bonchev–Trinajstić information content (AvgIpc) is 3.07. The van der Waals surface area contributed by atoms with Crippen molar-refractivity contribution in [1.29, 1.82) is 0 Å². The molecule has 0 aliphatic heterocycles. The molecule has 1 aromatic heterocycles. The van der Waals surface area contributed by atoms with Gasteiger partial charge in [-0.05, 0) is 30.3 Å². The highest BCUT2D eigenvalue weighted by Crippen LogP contribution is 2.29. The maximum Gasteiger partial charge on any atom is 0.264 e. The van der Waals surface area contributed by atoms with Crippen LogP contribution in [0.15, 0.2) is 42.5 Å². The maximum absolute atomic E-state index is 12.2. The first-order valence-corrected chi connectivity index (χ1v) is 9.85. The Balaban J connectivity index is 1.58. The molecule has 152 valence electrons. The van der Waals surface area contributed by atoms with E-state index in [1.54, 1.807) is 31.4 Å². The van der Waals surface area contributed by atoms with Crippen LogP contribution in [0, 0.1) is 5.41 Å². The summed E-state index contributed by atoms with van der Waals surface area (Å²) in [6.07, 6.45) is 0. The maximum atomic E-state index is 12.2. The van der Waals surface area contributed by atoms with Gasteiger partial charge >= 0.3 is 0 Å². The molecule has 0 saturated carbocycles.